The highest BCUT2D eigenvalue weighted by Gasteiger charge is 2.19. The van der Waals surface area contributed by atoms with E-state index in [1.165, 1.54) is 12.4 Å². The maximum absolute atomic E-state index is 11.0. The van der Waals surface area contributed by atoms with Gasteiger partial charge in [-0.2, -0.15) is 20.5 Å². The van der Waals surface area contributed by atoms with Gasteiger partial charge in [-0.15, -0.1) is 0 Å². The lowest BCUT2D eigenvalue weighted by atomic mass is 10.0. The minimum Gasteiger partial charge on any atom is -0.481 e. The molecule has 2 atom stereocenters. The van der Waals surface area contributed by atoms with E-state index < -0.39 is 37.0 Å². The highest BCUT2D eigenvalue weighted by molar-refractivity contribution is 9.10. The summed E-state index contributed by atoms with van der Waals surface area (Å²) in [5, 5.41) is 63.5. The Morgan fingerprint density at radius 3 is 1.64 bits per heavy atom. The number of carboxylic acids is 2. The number of ether oxygens (including phenoxy) is 4. The van der Waals surface area contributed by atoms with Crippen molar-refractivity contribution in [2.45, 2.75) is 64.6 Å². The van der Waals surface area contributed by atoms with Crippen LogP contribution < -0.4 is 29.6 Å². The van der Waals surface area contributed by atoms with Gasteiger partial charge in [0.25, 0.3) is 0 Å². The molecule has 2 aromatic carbocycles. The van der Waals surface area contributed by atoms with Crippen molar-refractivity contribution in [1.29, 1.82) is 10.5 Å². The summed E-state index contributed by atoms with van der Waals surface area (Å²) in [5.41, 5.74) is 5.60. The third kappa shape index (κ3) is 15.3. The second-order valence-electron chi connectivity index (χ2n) is 15.2. The van der Waals surface area contributed by atoms with Crippen LogP contribution in [0, 0.1) is 22.7 Å². The van der Waals surface area contributed by atoms with Gasteiger partial charge in [0.2, 0.25) is 23.5 Å². The molecule has 6 N–H and O–H groups in total. The Morgan fingerprint density at radius 2 is 1.12 bits per heavy atom. The summed E-state index contributed by atoms with van der Waals surface area (Å²) in [6, 6.07) is 23.4. The molecular weight excluding hydrogens is 999 g/mol. The van der Waals surface area contributed by atoms with Gasteiger partial charge in [-0.25, -0.2) is 0 Å². The van der Waals surface area contributed by atoms with Crippen molar-refractivity contribution in [3.8, 4) is 46.8 Å². The number of nitriles is 2. The highest BCUT2D eigenvalue weighted by Crippen LogP contribution is 2.38. The smallest absolute Gasteiger partial charge is 0.306 e. The molecule has 4 aromatic heterocycles. The number of nitrogens with zero attached hydrogens (tertiary/aromatic N) is 6. The third-order valence-corrected chi connectivity index (χ3v) is 11.4. The highest BCUT2D eigenvalue weighted by atomic mass is 79.9. The van der Waals surface area contributed by atoms with Crippen LogP contribution in [0.15, 0.2) is 96.0 Å². The van der Waals surface area contributed by atoms with Crippen molar-refractivity contribution in [1.82, 2.24) is 30.6 Å². The van der Waals surface area contributed by atoms with Crippen molar-refractivity contribution in [2.75, 3.05) is 13.1 Å². The van der Waals surface area contributed by atoms with E-state index in [1.807, 2.05) is 36.4 Å². The molecule has 2 unspecified atom stereocenters. The Bertz CT molecular complexity index is 2870. The molecule has 6 rings (SSSR count). The summed E-state index contributed by atoms with van der Waals surface area (Å²) in [7, 11) is 0. The molecule has 356 valence electrons. The van der Waals surface area contributed by atoms with E-state index in [-0.39, 0.29) is 76.1 Å². The Hall–Kier alpha value is -6.94. The van der Waals surface area contributed by atoms with Crippen molar-refractivity contribution in [2.24, 2.45) is 0 Å². The van der Waals surface area contributed by atoms with Crippen molar-refractivity contribution in [3.63, 3.8) is 0 Å². The topological polar surface area (TPSA) is 275 Å². The molecule has 0 aliphatic heterocycles. The number of aliphatic hydroxyl groups is 2. The predicted molar refractivity (Wildman–Crippen MR) is 253 cm³/mol. The average molecular weight is 1040 g/mol. The zero-order valence-corrected chi connectivity index (χ0v) is 39.5. The van der Waals surface area contributed by atoms with E-state index in [9.17, 15) is 30.3 Å². The Balaban J connectivity index is 1.16. The lowest BCUT2D eigenvalue weighted by Gasteiger charge is -2.17. The molecular formula is C48H43BrCl2N8O10. The van der Waals surface area contributed by atoms with Gasteiger partial charge in [-0.05, 0) is 40.2 Å². The van der Waals surface area contributed by atoms with Gasteiger partial charge >= 0.3 is 11.9 Å². The number of aliphatic hydroxyl groups excluding tert-OH is 2. The Kier molecular flexibility index (Phi) is 19.0. The van der Waals surface area contributed by atoms with Crippen LogP contribution in [-0.4, -0.2) is 77.6 Å². The first-order chi connectivity index (χ1) is 33.3. The van der Waals surface area contributed by atoms with Gasteiger partial charge in [-0.1, -0.05) is 59.6 Å². The first kappa shape index (κ1) is 51.5. The summed E-state index contributed by atoms with van der Waals surface area (Å²) in [6.45, 7) is 0.394. The normalized spacial score (nSPS) is 11.8. The number of hydrogen-bond donors (Lipinski definition) is 6. The average Bonchev–Trinajstić information content (AvgIpc) is 3.33. The van der Waals surface area contributed by atoms with Gasteiger partial charge in [0, 0.05) is 102 Å². The maximum Gasteiger partial charge on any atom is 0.306 e. The third-order valence-electron chi connectivity index (χ3n) is 9.89. The van der Waals surface area contributed by atoms with Crippen LogP contribution in [0.4, 0.5) is 0 Å². The van der Waals surface area contributed by atoms with E-state index in [0.29, 0.717) is 70.2 Å². The van der Waals surface area contributed by atoms with E-state index >= 15 is 0 Å². The summed E-state index contributed by atoms with van der Waals surface area (Å²) >= 11 is 17.6. The molecule has 0 saturated heterocycles. The summed E-state index contributed by atoms with van der Waals surface area (Å²) in [5.74, 6) is -1.49. The minimum atomic E-state index is -1.13. The summed E-state index contributed by atoms with van der Waals surface area (Å²) in [6.07, 6.45) is 2.94. The molecule has 4 heterocycles. The molecule has 0 bridgehead atoms. The monoisotopic (exact) mass is 1040 g/mol. The standard InChI is InChI=1S/C48H43BrCl2N8O10/c49-40-11-35(21-57-23-37(61)13-43(64)65)47(68-25-31-10-29(15-53)17-55-19-31)59-48(40)69-27-34-4-2-6-39(45(34)51)38-5-1-3-33(44(38)50)26-66-41-8-7-32(20-56-22-36(60)12-42(62)63)46(58-41)67-24-30-9-28(14-52)16-54-18-30/h1-11,16-19,36-37,56-57,60-61H,12-13,20-27H2,(H,62,63)(H,64,65). The number of benzene rings is 2. The van der Waals surface area contributed by atoms with Crippen LogP contribution in [0.3, 0.4) is 0 Å². The van der Waals surface area contributed by atoms with Crippen LogP contribution in [-0.2, 0) is 49.1 Å². The fraction of sp³-hybridized carbons (Fsp3) is 0.250. The number of nitrogens with one attached hydrogen (secondary N) is 2. The molecule has 18 nitrogen and oxygen atoms in total. The van der Waals surface area contributed by atoms with Crippen molar-refractivity contribution < 1.29 is 49.0 Å². The van der Waals surface area contributed by atoms with Crippen LogP contribution in [0.1, 0.15) is 57.3 Å². The first-order valence-corrected chi connectivity index (χ1v) is 22.5. The first-order valence-electron chi connectivity index (χ1n) is 20.9. The van der Waals surface area contributed by atoms with E-state index in [0.717, 1.165) is 0 Å². The molecule has 0 radical (unpaired) electrons. The van der Waals surface area contributed by atoms with Gasteiger partial charge in [0.15, 0.2) is 0 Å². The van der Waals surface area contributed by atoms with Crippen molar-refractivity contribution >= 4 is 51.1 Å². The SMILES string of the molecule is N#Cc1cncc(COc2nc(OCc3cccc(-c4cccc(COc5nc(OCc6cncc(C#N)c6)c(CNCC(O)CC(=O)O)cc5Br)c4Cl)c3Cl)ccc2CNCC(O)CC(=O)O)c1. The predicted octanol–water partition coefficient (Wildman–Crippen LogP) is 6.91. The zero-order valence-electron chi connectivity index (χ0n) is 36.4. The molecule has 0 aliphatic rings. The molecule has 0 spiro atoms. The number of rotatable bonds is 25. The van der Waals surface area contributed by atoms with Gasteiger partial charge in [-0.3, -0.25) is 19.6 Å². The van der Waals surface area contributed by atoms with E-state index in [1.54, 1.807) is 54.9 Å². The molecule has 69 heavy (non-hydrogen) atoms. The number of aliphatic carboxylic acids is 2. The van der Waals surface area contributed by atoms with Crippen molar-refractivity contribution in [3.05, 3.63) is 151 Å². The van der Waals surface area contributed by atoms with Crippen LogP contribution in [0.2, 0.25) is 10.0 Å². The number of aromatic nitrogens is 4. The van der Waals surface area contributed by atoms with Crippen LogP contribution >= 0.6 is 39.1 Å². The largest absolute Gasteiger partial charge is 0.481 e. The summed E-state index contributed by atoms with van der Waals surface area (Å²) in [4.78, 5) is 39.4. The number of pyridine rings is 4. The molecule has 0 fully saturated rings. The number of halogens is 3. The Labute approximate surface area is 414 Å². The quantitative estimate of drug-likeness (QED) is 0.0340. The minimum absolute atomic E-state index is 0.000844. The lowest BCUT2D eigenvalue weighted by Crippen LogP contribution is -2.28. The van der Waals surface area contributed by atoms with E-state index in [2.05, 4.69) is 46.5 Å². The molecule has 0 amide bonds. The van der Waals surface area contributed by atoms with Gasteiger partial charge < -0.3 is 50.0 Å². The number of carboxylic acid groups (broad SMARTS) is 2. The molecule has 6 aromatic rings. The second-order valence-corrected chi connectivity index (χ2v) is 16.8. The van der Waals surface area contributed by atoms with Gasteiger partial charge in [0.1, 0.15) is 38.6 Å². The number of carbonyl (C=O) groups is 2. The molecule has 21 heteroatoms. The van der Waals surface area contributed by atoms with Gasteiger partial charge in [0.05, 0.1) is 50.7 Å². The molecule has 0 saturated carbocycles. The number of hydrogen-bond acceptors (Lipinski definition) is 16. The molecule has 0 aliphatic carbocycles. The second kappa shape index (κ2) is 25.4. The fourth-order valence-corrected chi connectivity index (χ4v) is 7.63. The fourth-order valence-electron chi connectivity index (χ4n) is 6.59. The Morgan fingerprint density at radius 1 is 0.623 bits per heavy atom. The van der Waals surface area contributed by atoms with E-state index in [4.69, 9.17) is 52.4 Å². The van der Waals surface area contributed by atoms with Crippen LogP contribution in [0.5, 0.6) is 23.5 Å². The maximum atomic E-state index is 11.0. The van der Waals surface area contributed by atoms with Crippen LogP contribution in [0.25, 0.3) is 11.1 Å². The zero-order chi connectivity index (χ0) is 49.3. The summed E-state index contributed by atoms with van der Waals surface area (Å²) < 4.78 is 24.9. The lowest BCUT2D eigenvalue weighted by molar-refractivity contribution is -0.140.